The molecule has 1 aliphatic rings. The number of benzene rings is 1. The van der Waals surface area contributed by atoms with Crippen LogP contribution in [-0.4, -0.2) is 29.9 Å². The first-order chi connectivity index (χ1) is 9.66. The fourth-order valence-electron chi connectivity index (χ4n) is 2.94. The van der Waals surface area contributed by atoms with Crippen LogP contribution in [0.15, 0.2) is 29.6 Å². The monoisotopic (exact) mass is 324 g/mol. The van der Waals surface area contributed by atoms with E-state index in [9.17, 15) is 4.79 Å². The Kier molecular flexibility index (Phi) is 5.25. The Bertz CT molecular complexity index is 626. The number of carbonyl (C=O) groups excluding carboxylic acids is 1. The smallest absolute Gasteiger partial charge is 0.255 e. The Hall–Kier alpha value is -1.10. The minimum absolute atomic E-state index is 0. The lowest BCUT2D eigenvalue weighted by Gasteiger charge is -2.34. The van der Waals surface area contributed by atoms with Crippen LogP contribution in [-0.2, 0) is 0 Å². The third kappa shape index (κ3) is 3.23. The van der Waals surface area contributed by atoms with Crippen molar-refractivity contribution in [3.63, 3.8) is 0 Å². The number of thiophene rings is 1. The molecular formula is C16H21ClN2OS. The molecule has 1 saturated heterocycles. The lowest BCUT2D eigenvalue weighted by molar-refractivity contribution is 0.0663. The van der Waals surface area contributed by atoms with Crippen LogP contribution in [0.2, 0.25) is 0 Å². The van der Waals surface area contributed by atoms with E-state index >= 15 is 0 Å². The van der Waals surface area contributed by atoms with Gasteiger partial charge in [0.05, 0.1) is 5.56 Å². The lowest BCUT2D eigenvalue weighted by atomic mass is 9.92. The summed E-state index contributed by atoms with van der Waals surface area (Å²) in [5, 5.41) is 3.06. The number of fused-ring (bicyclic) bond motifs is 1. The molecule has 1 aromatic carbocycles. The second-order valence-corrected chi connectivity index (χ2v) is 6.57. The molecule has 21 heavy (non-hydrogen) atoms. The lowest BCUT2D eigenvalue weighted by Crippen LogP contribution is -2.45. The summed E-state index contributed by atoms with van der Waals surface area (Å²) < 4.78 is 1.18. The molecule has 0 saturated carbocycles. The number of nitrogens with two attached hydrogens (primary N) is 1. The van der Waals surface area contributed by atoms with Crippen LogP contribution in [0, 0.1) is 5.92 Å². The molecule has 2 heterocycles. The van der Waals surface area contributed by atoms with Gasteiger partial charge in [0.2, 0.25) is 0 Å². The molecule has 0 radical (unpaired) electrons. The van der Waals surface area contributed by atoms with Gasteiger partial charge in [-0.05, 0) is 31.7 Å². The van der Waals surface area contributed by atoms with E-state index in [1.165, 1.54) is 4.70 Å². The average Bonchev–Trinajstić information content (AvgIpc) is 2.90. The van der Waals surface area contributed by atoms with Crippen LogP contribution in [0.5, 0.6) is 0 Å². The van der Waals surface area contributed by atoms with Gasteiger partial charge in [-0.3, -0.25) is 4.79 Å². The summed E-state index contributed by atoms with van der Waals surface area (Å²) in [5.41, 5.74) is 6.85. The predicted octanol–water partition coefficient (Wildman–Crippen LogP) is 3.52. The molecule has 1 aromatic heterocycles. The number of nitrogens with zero attached hydrogens (tertiary/aromatic N) is 1. The number of halogens is 1. The number of carbonyl (C=O) groups is 1. The zero-order chi connectivity index (χ0) is 14.1. The van der Waals surface area contributed by atoms with E-state index in [2.05, 4.69) is 6.07 Å². The molecule has 3 rings (SSSR count). The standard InChI is InChI=1S/C16H20N2OS.ClH/c1-11(17)12-5-4-8-18(9-12)16(19)14-10-20-15-7-3-2-6-13(14)15;/h2-3,6-7,10-12H,4-5,8-9,17H2,1H3;1H. The molecule has 114 valence electrons. The van der Waals surface area contributed by atoms with Gasteiger partial charge in [0.1, 0.15) is 0 Å². The topological polar surface area (TPSA) is 46.3 Å². The van der Waals surface area contributed by atoms with Gasteiger partial charge >= 0.3 is 0 Å². The van der Waals surface area contributed by atoms with Crippen LogP contribution < -0.4 is 5.73 Å². The molecule has 3 nitrogen and oxygen atoms in total. The Morgan fingerprint density at radius 2 is 2.19 bits per heavy atom. The fraction of sp³-hybridized carbons (Fsp3) is 0.438. The van der Waals surface area contributed by atoms with Crippen LogP contribution in [0.4, 0.5) is 0 Å². The van der Waals surface area contributed by atoms with Crippen molar-refractivity contribution in [2.24, 2.45) is 11.7 Å². The third-order valence-electron chi connectivity index (χ3n) is 4.20. The molecule has 0 spiro atoms. The molecular weight excluding hydrogens is 304 g/mol. The zero-order valence-electron chi connectivity index (χ0n) is 12.1. The van der Waals surface area contributed by atoms with Crippen molar-refractivity contribution in [3.8, 4) is 0 Å². The van der Waals surface area contributed by atoms with Gasteiger partial charge in [-0.2, -0.15) is 0 Å². The van der Waals surface area contributed by atoms with Crippen molar-refractivity contribution in [2.75, 3.05) is 13.1 Å². The van der Waals surface area contributed by atoms with Gasteiger partial charge in [-0.15, -0.1) is 23.7 Å². The van der Waals surface area contributed by atoms with Gasteiger partial charge in [0.15, 0.2) is 0 Å². The Labute approximate surface area is 135 Å². The Morgan fingerprint density at radius 3 is 2.95 bits per heavy atom. The first-order valence-electron chi connectivity index (χ1n) is 7.18. The highest BCUT2D eigenvalue weighted by molar-refractivity contribution is 7.17. The minimum Gasteiger partial charge on any atom is -0.338 e. The molecule has 2 N–H and O–H groups in total. The number of hydrogen-bond donors (Lipinski definition) is 1. The van der Waals surface area contributed by atoms with Crippen LogP contribution in [0.25, 0.3) is 10.1 Å². The number of piperidine rings is 1. The highest BCUT2D eigenvalue weighted by Gasteiger charge is 2.27. The minimum atomic E-state index is 0. The predicted molar refractivity (Wildman–Crippen MR) is 91.3 cm³/mol. The molecule has 0 aliphatic carbocycles. The normalized spacial score (nSPS) is 20.1. The molecule has 2 unspecified atom stereocenters. The van der Waals surface area contributed by atoms with Crippen molar-refractivity contribution in [1.82, 2.24) is 4.90 Å². The fourth-order valence-corrected chi connectivity index (χ4v) is 3.87. The van der Waals surface area contributed by atoms with Gasteiger partial charge in [-0.1, -0.05) is 18.2 Å². The summed E-state index contributed by atoms with van der Waals surface area (Å²) in [6.45, 7) is 3.69. The summed E-state index contributed by atoms with van der Waals surface area (Å²) >= 11 is 1.64. The average molecular weight is 325 g/mol. The highest BCUT2D eigenvalue weighted by atomic mass is 35.5. The first-order valence-corrected chi connectivity index (χ1v) is 8.06. The number of hydrogen-bond acceptors (Lipinski definition) is 3. The maximum atomic E-state index is 12.7. The zero-order valence-corrected chi connectivity index (χ0v) is 13.8. The van der Waals surface area contributed by atoms with Crippen molar-refractivity contribution < 1.29 is 4.79 Å². The highest BCUT2D eigenvalue weighted by Crippen LogP contribution is 2.28. The summed E-state index contributed by atoms with van der Waals surface area (Å²) in [5.74, 6) is 0.588. The maximum Gasteiger partial charge on any atom is 0.255 e. The molecule has 1 aliphatic heterocycles. The summed E-state index contributed by atoms with van der Waals surface area (Å²) in [7, 11) is 0. The molecule has 2 atom stereocenters. The van der Waals surface area contributed by atoms with E-state index < -0.39 is 0 Å². The van der Waals surface area contributed by atoms with Crippen molar-refractivity contribution in [1.29, 1.82) is 0 Å². The van der Waals surface area contributed by atoms with Gasteiger partial charge in [0.25, 0.3) is 5.91 Å². The molecule has 0 bridgehead atoms. The van der Waals surface area contributed by atoms with E-state index in [-0.39, 0.29) is 24.4 Å². The molecule has 1 amide bonds. The van der Waals surface area contributed by atoms with E-state index in [0.29, 0.717) is 5.92 Å². The Morgan fingerprint density at radius 1 is 1.43 bits per heavy atom. The quantitative estimate of drug-likeness (QED) is 0.918. The van der Waals surface area contributed by atoms with E-state index in [1.54, 1.807) is 11.3 Å². The van der Waals surface area contributed by atoms with Gasteiger partial charge in [0, 0.05) is 34.6 Å². The molecule has 1 fully saturated rings. The van der Waals surface area contributed by atoms with E-state index in [1.807, 2.05) is 35.4 Å². The van der Waals surface area contributed by atoms with Crippen LogP contribution >= 0.6 is 23.7 Å². The SMILES string of the molecule is CC(N)C1CCCN(C(=O)c2csc3ccccc23)C1.Cl. The van der Waals surface area contributed by atoms with Crippen LogP contribution in [0.3, 0.4) is 0 Å². The Balaban J connectivity index is 0.00000161. The second kappa shape index (κ2) is 6.77. The summed E-state index contributed by atoms with van der Waals surface area (Å²) in [6.07, 6.45) is 2.19. The molecule has 2 aromatic rings. The molecule has 5 heteroatoms. The van der Waals surface area contributed by atoms with Crippen molar-refractivity contribution in [3.05, 3.63) is 35.2 Å². The summed E-state index contributed by atoms with van der Waals surface area (Å²) in [6, 6.07) is 8.27. The van der Waals surface area contributed by atoms with E-state index in [4.69, 9.17) is 5.73 Å². The van der Waals surface area contributed by atoms with Crippen LogP contribution in [0.1, 0.15) is 30.1 Å². The van der Waals surface area contributed by atoms with Crippen molar-refractivity contribution in [2.45, 2.75) is 25.8 Å². The second-order valence-electron chi connectivity index (χ2n) is 5.66. The maximum absolute atomic E-state index is 12.7. The number of amides is 1. The van der Waals surface area contributed by atoms with E-state index in [0.717, 1.165) is 36.9 Å². The largest absolute Gasteiger partial charge is 0.338 e. The third-order valence-corrected chi connectivity index (χ3v) is 5.16. The van der Waals surface area contributed by atoms with Gasteiger partial charge in [-0.25, -0.2) is 0 Å². The number of likely N-dealkylation sites (tertiary alicyclic amines) is 1. The van der Waals surface area contributed by atoms with Gasteiger partial charge < -0.3 is 10.6 Å². The summed E-state index contributed by atoms with van der Waals surface area (Å²) in [4.78, 5) is 14.7. The van der Waals surface area contributed by atoms with Crippen molar-refractivity contribution >= 4 is 39.7 Å². The first kappa shape index (κ1) is 16.3. The number of rotatable bonds is 2.